The van der Waals surface area contributed by atoms with Crippen LogP contribution >= 0.6 is 11.3 Å². The molecule has 4 nitrogen and oxygen atoms in total. The summed E-state index contributed by atoms with van der Waals surface area (Å²) >= 11 is 1.40. The number of anilines is 1. The molecule has 84 valence electrons. The van der Waals surface area contributed by atoms with Crippen molar-refractivity contribution in [2.75, 3.05) is 18.0 Å². The number of hydrogen-bond donors (Lipinski definition) is 1. The number of aromatic carboxylic acids is 1. The quantitative estimate of drug-likeness (QED) is 0.812. The molecule has 0 aliphatic carbocycles. The number of carboxylic acids is 1. The van der Waals surface area contributed by atoms with Crippen molar-refractivity contribution < 1.29 is 9.90 Å². The van der Waals surface area contributed by atoms with Crippen LogP contribution < -0.4 is 4.90 Å². The van der Waals surface area contributed by atoms with Gasteiger partial charge in [0.25, 0.3) is 0 Å². The molecule has 15 heavy (non-hydrogen) atoms. The number of carbonyl (C=O) groups is 1. The van der Waals surface area contributed by atoms with Crippen molar-refractivity contribution in [3.63, 3.8) is 0 Å². The predicted octanol–water partition coefficient (Wildman–Crippen LogP) is 2.47. The van der Waals surface area contributed by atoms with E-state index in [4.69, 9.17) is 5.11 Å². The second kappa shape index (κ2) is 5.70. The molecular weight excluding hydrogens is 212 g/mol. The Morgan fingerprint density at radius 2 is 2.07 bits per heavy atom. The zero-order valence-electron chi connectivity index (χ0n) is 9.06. The molecule has 1 heterocycles. The van der Waals surface area contributed by atoms with E-state index in [0.29, 0.717) is 0 Å². The number of nitrogens with zero attached hydrogens (tertiary/aromatic N) is 2. The van der Waals surface area contributed by atoms with Crippen LogP contribution in [0.15, 0.2) is 5.38 Å². The third-order valence-corrected chi connectivity index (χ3v) is 2.87. The topological polar surface area (TPSA) is 53.4 Å². The van der Waals surface area contributed by atoms with Crippen LogP contribution in [-0.4, -0.2) is 29.1 Å². The number of rotatable bonds is 6. The molecule has 0 aliphatic rings. The third-order valence-electron chi connectivity index (χ3n) is 1.97. The third kappa shape index (κ3) is 3.20. The summed E-state index contributed by atoms with van der Waals surface area (Å²) in [4.78, 5) is 16.9. The van der Waals surface area contributed by atoms with E-state index in [0.717, 1.165) is 31.1 Å². The lowest BCUT2D eigenvalue weighted by atomic mass is 10.4. The zero-order valence-corrected chi connectivity index (χ0v) is 9.88. The highest BCUT2D eigenvalue weighted by Gasteiger charge is 2.12. The monoisotopic (exact) mass is 228 g/mol. The number of aromatic nitrogens is 1. The molecule has 0 saturated carbocycles. The van der Waals surface area contributed by atoms with Crippen LogP contribution in [0.5, 0.6) is 0 Å². The van der Waals surface area contributed by atoms with Crippen molar-refractivity contribution >= 4 is 22.4 Å². The van der Waals surface area contributed by atoms with Gasteiger partial charge in [0.1, 0.15) is 0 Å². The Morgan fingerprint density at radius 1 is 1.47 bits per heavy atom. The summed E-state index contributed by atoms with van der Waals surface area (Å²) in [7, 11) is 0. The highest BCUT2D eigenvalue weighted by atomic mass is 32.1. The molecular formula is C10H16N2O2S. The summed E-state index contributed by atoms with van der Waals surface area (Å²) in [5.41, 5.74) is 0.146. The molecule has 1 aromatic rings. The van der Waals surface area contributed by atoms with Gasteiger partial charge in [0.05, 0.1) is 0 Å². The number of carboxylic acid groups (broad SMARTS) is 1. The van der Waals surface area contributed by atoms with Gasteiger partial charge in [0.2, 0.25) is 0 Å². The first-order valence-corrected chi connectivity index (χ1v) is 6.00. The van der Waals surface area contributed by atoms with Gasteiger partial charge >= 0.3 is 5.97 Å². The van der Waals surface area contributed by atoms with E-state index < -0.39 is 5.97 Å². The van der Waals surface area contributed by atoms with Gasteiger partial charge < -0.3 is 10.0 Å². The van der Waals surface area contributed by atoms with Crippen LogP contribution in [0.4, 0.5) is 5.13 Å². The average Bonchev–Trinajstić information content (AvgIpc) is 2.66. The van der Waals surface area contributed by atoms with Gasteiger partial charge in [-0.1, -0.05) is 13.8 Å². The van der Waals surface area contributed by atoms with Crippen LogP contribution in [0.3, 0.4) is 0 Å². The molecule has 0 aromatic carbocycles. The minimum absolute atomic E-state index is 0.146. The fourth-order valence-electron chi connectivity index (χ4n) is 1.35. The Hall–Kier alpha value is -1.10. The van der Waals surface area contributed by atoms with Crippen LogP contribution in [0.1, 0.15) is 37.2 Å². The first kappa shape index (κ1) is 12.0. The fraction of sp³-hybridized carbons (Fsp3) is 0.600. The Kier molecular flexibility index (Phi) is 4.55. The van der Waals surface area contributed by atoms with Gasteiger partial charge in [0, 0.05) is 18.5 Å². The van der Waals surface area contributed by atoms with Gasteiger partial charge in [-0.2, -0.15) is 0 Å². The summed E-state index contributed by atoms with van der Waals surface area (Å²) in [5.74, 6) is -0.953. The number of hydrogen-bond acceptors (Lipinski definition) is 4. The molecule has 1 aromatic heterocycles. The molecule has 0 atom stereocenters. The smallest absolute Gasteiger partial charge is 0.355 e. The van der Waals surface area contributed by atoms with Gasteiger partial charge in [-0.15, -0.1) is 11.3 Å². The Morgan fingerprint density at radius 3 is 2.47 bits per heavy atom. The first-order valence-electron chi connectivity index (χ1n) is 5.12. The summed E-state index contributed by atoms with van der Waals surface area (Å²) in [6.07, 6.45) is 2.09. The van der Waals surface area contributed by atoms with Crippen LogP contribution in [0, 0.1) is 0 Å². The second-order valence-corrected chi connectivity index (χ2v) is 4.14. The molecule has 1 N–H and O–H groups in total. The lowest BCUT2D eigenvalue weighted by Gasteiger charge is -2.19. The molecule has 0 radical (unpaired) electrons. The van der Waals surface area contributed by atoms with Gasteiger partial charge in [-0.25, -0.2) is 9.78 Å². The highest BCUT2D eigenvalue weighted by molar-refractivity contribution is 7.13. The van der Waals surface area contributed by atoms with E-state index in [9.17, 15) is 4.79 Å². The van der Waals surface area contributed by atoms with Crippen LogP contribution in [0.25, 0.3) is 0 Å². The molecule has 0 unspecified atom stereocenters. The molecule has 0 aliphatic heterocycles. The maximum absolute atomic E-state index is 10.7. The second-order valence-electron chi connectivity index (χ2n) is 3.31. The van der Waals surface area contributed by atoms with E-state index in [2.05, 4.69) is 23.7 Å². The summed E-state index contributed by atoms with van der Waals surface area (Å²) in [5, 5.41) is 11.2. The Labute approximate surface area is 93.6 Å². The van der Waals surface area contributed by atoms with E-state index >= 15 is 0 Å². The maximum atomic E-state index is 10.7. The van der Waals surface area contributed by atoms with Crippen molar-refractivity contribution in [1.29, 1.82) is 0 Å². The highest BCUT2D eigenvalue weighted by Crippen LogP contribution is 2.20. The molecule has 5 heteroatoms. The first-order chi connectivity index (χ1) is 7.19. The van der Waals surface area contributed by atoms with Crippen molar-refractivity contribution in [1.82, 2.24) is 4.98 Å². The summed E-state index contributed by atoms with van der Waals surface area (Å²) in [6, 6.07) is 0. The van der Waals surface area contributed by atoms with Gasteiger partial charge in [-0.3, -0.25) is 0 Å². The minimum Gasteiger partial charge on any atom is -0.476 e. The van der Waals surface area contributed by atoms with Gasteiger partial charge in [0.15, 0.2) is 10.8 Å². The van der Waals surface area contributed by atoms with Crippen molar-refractivity contribution in [3.05, 3.63) is 11.1 Å². The molecule has 0 spiro atoms. The van der Waals surface area contributed by atoms with E-state index in [1.165, 1.54) is 11.3 Å². The largest absolute Gasteiger partial charge is 0.476 e. The maximum Gasteiger partial charge on any atom is 0.355 e. The zero-order chi connectivity index (χ0) is 11.3. The molecule has 0 saturated heterocycles. The molecule has 0 amide bonds. The Balaban J connectivity index is 2.76. The normalized spacial score (nSPS) is 10.3. The average molecular weight is 228 g/mol. The van der Waals surface area contributed by atoms with Crippen molar-refractivity contribution in [3.8, 4) is 0 Å². The van der Waals surface area contributed by atoms with Gasteiger partial charge in [-0.05, 0) is 12.8 Å². The summed E-state index contributed by atoms with van der Waals surface area (Å²) < 4.78 is 0. The van der Waals surface area contributed by atoms with Crippen molar-refractivity contribution in [2.45, 2.75) is 26.7 Å². The number of thiazole rings is 1. The van der Waals surface area contributed by atoms with E-state index in [1.807, 2.05) is 0 Å². The van der Waals surface area contributed by atoms with Crippen LogP contribution in [0.2, 0.25) is 0 Å². The Bertz CT molecular complexity index is 319. The standard InChI is InChI=1S/C10H16N2O2S/c1-3-5-12(6-4-2)10-11-8(7-15-10)9(13)14/h7H,3-6H2,1-2H3,(H,13,14). The molecule has 0 bridgehead atoms. The fourth-order valence-corrected chi connectivity index (χ4v) is 2.20. The minimum atomic E-state index is -0.953. The predicted molar refractivity (Wildman–Crippen MR) is 61.9 cm³/mol. The molecule has 1 rings (SSSR count). The lowest BCUT2D eigenvalue weighted by molar-refractivity contribution is 0.0691. The SMILES string of the molecule is CCCN(CCC)c1nc(C(=O)O)cs1. The lowest BCUT2D eigenvalue weighted by Crippen LogP contribution is -2.24. The summed E-state index contributed by atoms with van der Waals surface area (Å²) in [6.45, 7) is 6.07. The van der Waals surface area contributed by atoms with Crippen LogP contribution in [-0.2, 0) is 0 Å². The van der Waals surface area contributed by atoms with E-state index in [-0.39, 0.29) is 5.69 Å². The molecule has 0 fully saturated rings. The van der Waals surface area contributed by atoms with E-state index in [1.54, 1.807) is 5.38 Å². The van der Waals surface area contributed by atoms with Crippen molar-refractivity contribution in [2.24, 2.45) is 0 Å².